The van der Waals surface area contributed by atoms with E-state index in [4.69, 9.17) is 10.5 Å². The van der Waals surface area contributed by atoms with Crippen LogP contribution >= 0.6 is 15.9 Å². The smallest absolute Gasteiger partial charge is 0.0573 e. The summed E-state index contributed by atoms with van der Waals surface area (Å²) in [5.41, 5.74) is 8.44. The third kappa shape index (κ3) is 3.71. The predicted octanol–water partition coefficient (Wildman–Crippen LogP) is 3.46. The molecule has 106 valence electrons. The summed E-state index contributed by atoms with van der Waals surface area (Å²) in [6, 6.07) is 6.40. The molecule has 4 heteroatoms. The third-order valence-corrected chi connectivity index (χ3v) is 4.52. The van der Waals surface area contributed by atoms with Crippen LogP contribution in [0.2, 0.25) is 0 Å². The van der Waals surface area contributed by atoms with Crippen molar-refractivity contribution < 1.29 is 4.74 Å². The fourth-order valence-electron chi connectivity index (χ4n) is 2.87. The molecule has 0 spiro atoms. The van der Waals surface area contributed by atoms with Gasteiger partial charge in [0.25, 0.3) is 0 Å². The van der Waals surface area contributed by atoms with Crippen molar-refractivity contribution in [3.8, 4) is 0 Å². The minimum atomic E-state index is 0.0161. The van der Waals surface area contributed by atoms with Gasteiger partial charge in [-0.15, -0.1) is 0 Å². The molecule has 1 aromatic rings. The van der Waals surface area contributed by atoms with E-state index in [0.29, 0.717) is 12.6 Å². The molecule has 1 aliphatic rings. The molecule has 1 saturated carbocycles. The lowest BCUT2D eigenvalue weighted by Gasteiger charge is -2.40. The first-order valence-electron chi connectivity index (χ1n) is 6.85. The van der Waals surface area contributed by atoms with Gasteiger partial charge in [0.2, 0.25) is 0 Å². The van der Waals surface area contributed by atoms with Gasteiger partial charge in [-0.25, -0.2) is 0 Å². The number of methoxy groups -OCH3 is 1. The fourth-order valence-corrected chi connectivity index (χ4v) is 3.48. The monoisotopic (exact) mass is 326 g/mol. The van der Waals surface area contributed by atoms with Crippen molar-refractivity contribution in [1.82, 2.24) is 0 Å². The van der Waals surface area contributed by atoms with Gasteiger partial charge in [0.05, 0.1) is 6.10 Å². The Balaban J connectivity index is 2.10. The molecule has 0 amide bonds. The Labute approximate surface area is 124 Å². The maximum Gasteiger partial charge on any atom is 0.0573 e. The molecule has 1 fully saturated rings. The summed E-state index contributed by atoms with van der Waals surface area (Å²) < 4.78 is 6.55. The Morgan fingerprint density at radius 3 is 2.58 bits per heavy atom. The molecular formula is C15H23BrN2O. The molecule has 0 unspecified atom stereocenters. The van der Waals surface area contributed by atoms with Crippen LogP contribution in [0.1, 0.15) is 31.2 Å². The Hall–Kier alpha value is -0.580. The zero-order valence-electron chi connectivity index (χ0n) is 11.7. The van der Waals surface area contributed by atoms with Crippen LogP contribution in [0.25, 0.3) is 0 Å². The molecular weight excluding hydrogens is 304 g/mol. The maximum atomic E-state index is 6.03. The van der Waals surface area contributed by atoms with Crippen molar-refractivity contribution in [1.29, 1.82) is 0 Å². The van der Waals surface area contributed by atoms with Gasteiger partial charge in [-0.05, 0) is 56.4 Å². The fraction of sp³-hybridized carbons (Fsp3) is 0.600. The van der Waals surface area contributed by atoms with Crippen molar-refractivity contribution in [3.63, 3.8) is 0 Å². The number of halogens is 1. The molecule has 0 radical (unpaired) electrons. The van der Waals surface area contributed by atoms with Crippen LogP contribution < -0.4 is 11.1 Å². The average molecular weight is 327 g/mol. The molecule has 0 saturated heterocycles. The Morgan fingerprint density at radius 1 is 1.37 bits per heavy atom. The minimum Gasteiger partial charge on any atom is -0.381 e. The summed E-state index contributed by atoms with van der Waals surface area (Å²) in [7, 11) is 1.80. The lowest BCUT2D eigenvalue weighted by Crippen LogP contribution is -2.49. The third-order valence-electron chi connectivity index (χ3n) is 4.07. The van der Waals surface area contributed by atoms with E-state index in [9.17, 15) is 0 Å². The summed E-state index contributed by atoms with van der Waals surface area (Å²) in [5, 5.41) is 3.66. The van der Waals surface area contributed by atoms with Crippen LogP contribution in [0.3, 0.4) is 0 Å². The first-order chi connectivity index (χ1) is 9.07. The van der Waals surface area contributed by atoms with Crippen molar-refractivity contribution in [2.24, 2.45) is 5.73 Å². The molecule has 1 aromatic carbocycles. The number of hydrogen-bond acceptors (Lipinski definition) is 3. The Bertz CT molecular complexity index is 408. The van der Waals surface area contributed by atoms with Crippen molar-refractivity contribution in [2.45, 2.75) is 44.2 Å². The van der Waals surface area contributed by atoms with Crippen LogP contribution in [0.5, 0.6) is 0 Å². The summed E-state index contributed by atoms with van der Waals surface area (Å²) >= 11 is 3.55. The van der Waals surface area contributed by atoms with Crippen molar-refractivity contribution in [3.05, 3.63) is 28.2 Å². The van der Waals surface area contributed by atoms with Crippen LogP contribution in [0.15, 0.2) is 22.7 Å². The molecule has 1 aliphatic carbocycles. The van der Waals surface area contributed by atoms with E-state index < -0.39 is 0 Å². The van der Waals surface area contributed by atoms with E-state index in [1.807, 2.05) is 0 Å². The quantitative estimate of drug-likeness (QED) is 0.890. The molecule has 19 heavy (non-hydrogen) atoms. The first-order valence-corrected chi connectivity index (χ1v) is 7.64. The van der Waals surface area contributed by atoms with Gasteiger partial charge in [-0.2, -0.15) is 0 Å². The lowest BCUT2D eigenvalue weighted by atomic mass is 9.80. The number of nitrogens with one attached hydrogen (secondary N) is 1. The number of nitrogens with two attached hydrogens (primary N) is 1. The number of benzene rings is 1. The highest BCUT2D eigenvalue weighted by molar-refractivity contribution is 9.10. The summed E-state index contributed by atoms with van der Waals surface area (Å²) in [5.74, 6) is 0. The topological polar surface area (TPSA) is 47.3 Å². The highest BCUT2D eigenvalue weighted by Crippen LogP contribution is 2.33. The Morgan fingerprint density at radius 2 is 2.05 bits per heavy atom. The van der Waals surface area contributed by atoms with Crippen molar-refractivity contribution >= 4 is 21.6 Å². The molecule has 3 nitrogen and oxygen atoms in total. The van der Waals surface area contributed by atoms with Crippen molar-refractivity contribution in [2.75, 3.05) is 19.0 Å². The molecule has 0 bridgehead atoms. The van der Waals surface area contributed by atoms with Crippen LogP contribution in [-0.2, 0) is 4.74 Å². The number of ether oxygens (including phenoxy) is 1. The second-order valence-corrected chi connectivity index (χ2v) is 6.48. The summed E-state index contributed by atoms with van der Waals surface area (Å²) in [6.07, 6.45) is 4.67. The van der Waals surface area contributed by atoms with Gasteiger partial charge in [0, 0.05) is 29.4 Å². The number of rotatable bonds is 4. The standard InChI is InChI=1S/C15H23BrN2O/c1-11-7-12(16)9-13(8-11)18-15(10-17)5-3-14(19-2)4-6-15/h7-9,14,18H,3-6,10,17H2,1-2H3. The van der Waals surface area contributed by atoms with Crippen LogP contribution in [0, 0.1) is 6.92 Å². The lowest BCUT2D eigenvalue weighted by molar-refractivity contribution is 0.0550. The van der Waals surface area contributed by atoms with E-state index in [-0.39, 0.29) is 5.54 Å². The first kappa shape index (κ1) is 14.8. The maximum absolute atomic E-state index is 6.03. The SMILES string of the molecule is COC1CCC(CN)(Nc2cc(C)cc(Br)c2)CC1. The molecule has 0 heterocycles. The largest absolute Gasteiger partial charge is 0.381 e. The zero-order valence-corrected chi connectivity index (χ0v) is 13.3. The molecule has 0 aliphatic heterocycles. The minimum absolute atomic E-state index is 0.0161. The predicted molar refractivity (Wildman–Crippen MR) is 83.6 cm³/mol. The molecule has 0 aromatic heterocycles. The number of aryl methyl sites for hydroxylation is 1. The summed E-state index contributed by atoms with van der Waals surface area (Å²) in [6.45, 7) is 2.77. The van der Waals surface area contributed by atoms with Gasteiger partial charge >= 0.3 is 0 Å². The van der Waals surface area contributed by atoms with E-state index in [1.165, 1.54) is 5.56 Å². The number of hydrogen-bond donors (Lipinski definition) is 2. The van der Waals surface area contributed by atoms with E-state index >= 15 is 0 Å². The highest BCUT2D eigenvalue weighted by atomic mass is 79.9. The second-order valence-electron chi connectivity index (χ2n) is 5.56. The normalized spacial score (nSPS) is 27.3. The van der Waals surface area contributed by atoms with E-state index in [0.717, 1.165) is 35.8 Å². The van der Waals surface area contributed by atoms with Crippen LogP contribution in [-0.4, -0.2) is 25.3 Å². The van der Waals surface area contributed by atoms with Gasteiger partial charge in [-0.3, -0.25) is 0 Å². The van der Waals surface area contributed by atoms with E-state index in [2.05, 4.69) is 46.4 Å². The van der Waals surface area contributed by atoms with Crippen LogP contribution in [0.4, 0.5) is 5.69 Å². The van der Waals surface area contributed by atoms with Gasteiger partial charge in [-0.1, -0.05) is 15.9 Å². The zero-order chi connectivity index (χ0) is 13.9. The van der Waals surface area contributed by atoms with Gasteiger partial charge < -0.3 is 15.8 Å². The highest BCUT2D eigenvalue weighted by Gasteiger charge is 2.34. The van der Waals surface area contributed by atoms with E-state index in [1.54, 1.807) is 7.11 Å². The molecule has 2 rings (SSSR count). The average Bonchev–Trinajstić information content (AvgIpc) is 2.38. The molecule has 3 N–H and O–H groups in total. The Kier molecular flexibility index (Phi) is 4.87. The number of anilines is 1. The molecule has 0 atom stereocenters. The van der Waals surface area contributed by atoms with Gasteiger partial charge in [0.1, 0.15) is 0 Å². The summed E-state index contributed by atoms with van der Waals surface area (Å²) in [4.78, 5) is 0. The second kappa shape index (κ2) is 6.25. The van der Waals surface area contributed by atoms with Gasteiger partial charge in [0.15, 0.2) is 0 Å².